The molecular weight excluding hydrogens is 773 g/mol. The Hall–Kier alpha value is -7.92. The van der Waals surface area contributed by atoms with E-state index in [1.165, 1.54) is 69.4 Å². The molecule has 0 saturated carbocycles. The van der Waals surface area contributed by atoms with E-state index in [0.717, 1.165) is 50.3 Å². The van der Waals surface area contributed by atoms with E-state index < -0.39 is 0 Å². The van der Waals surface area contributed by atoms with Crippen molar-refractivity contribution in [1.82, 2.24) is 4.57 Å². The second-order valence-corrected chi connectivity index (χ2v) is 17.1. The van der Waals surface area contributed by atoms with Crippen LogP contribution in [0.3, 0.4) is 0 Å². The van der Waals surface area contributed by atoms with Crippen LogP contribution in [0.25, 0.3) is 103 Å². The van der Waals surface area contributed by atoms with Crippen LogP contribution in [-0.2, 0) is 0 Å². The van der Waals surface area contributed by atoms with Gasteiger partial charge in [0, 0.05) is 58.8 Å². The minimum Gasteiger partial charge on any atom is -0.456 e. The molecule has 0 radical (unpaired) electrons. The Kier molecular flexibility index (Phi) is 7.78. The van der Waals surface area contributed by atoms with Crippen LogP contribution in [0.4, 0.5) is 17.1 Å². The molecule has 0 bridgehead atoms. The molecule has 0 atom stereocenters. The van der Waals surface area contributed by atoms with Gasteiger partial charge in [-0.1, -0.05) is 152 Å². The average Bonchev–Trinajstić information content (AvgIpc) is 4.02. The zero-order chi connectivity index (χ0) is 40.7. The molecule has 3 heterocycles. The molecule has 0 spiro atoms. The number of thiophene rings is 1. The molecule has 0 unspecified atom stereocenters. The number of anilines is 3. The maximum atomic E-state index is 6.43. The third-order valence-corrected chi connectivity index (χ3v) is 13.8. The molecule has 0 amide bonds. The molecule has 290 valence electrons. The lowest BCUT2D eigenvalue weighted by atomic mass is 10.0. The Balaban J connectivity index is 0.954. The normalized spacial score (nSPS) is 11.9. The molecule has 0 N–H and O–H groups in total. The van der Waals surface area contributed by atoms with E-state index in [1.807, 2.05) is 17.4 Å². The molecular formula is C58H36N2OS. The lowest BCUT2D eigenvalue weighted by Gasteiger charge is -2.26. The Morgan fingerprint density at radius 3 is 1.90 bits per heavy atom. The first-order valence-electron chi connectivity index (χ1n) is 21.1. The Morgan fingerprint density at radius 2 is 1.06 bits per heavy atom. The van der Waals surface area contributed by atoms with Gasteiger partial charge < -0.3 is 13.9 Å². The fourth-order valence-corrected chi connectivity index (χ4v) is 11.0. The maximum absolute atomic E-state index is 6.43. The van der Waals surface area contributed by atoms with Gasteiger partial charge in [-0.3, -0.25) is 0 Å². The predicted molar refractivity (Wildman–Crippen MR) is 264 cm³/mol. The third kappa shape index (κ3) is 5.37. The van der Waals surface area contributed by atoms with Crippen molar-refractivity contribution >= 4 is 103 Å². The fraction of sp³-hybridized carbons (Fsp3) is 0. The van der Waals surface area contributed by atoms with Crippen LogP contribution < -0.4 is 4.90 Å². The summed E-state index contributed by atoms with van der Waals surface area (Å²) in [6.07, 6.45) is 0. The highest BCUT2D eigenvalue weighted by Gasteiger charge is 2.21. The van der Waals surface area contributed by atoms with Crippen LogP contribution in [0.15, 0.2) is 223 Å². The molecule has 3 aromatic heterocycles. The summed E-state index contributed by atoms with van der Waals surface area (Å²) in [4.78, 5) is 2.37. The quantitative estimate of drug-likeness (QED) is 0.167. The monoisotopic (exact) mass is 808 g/mol. The van der Waals surface area contributed by atoms with Gasteiger partial charge in [-0.2, -0.15) is 0 Å². The zero-order valence-electron chi connectivity index (χ0n) is 33.5. The van der Waals surface area contributed by atoms with E-state index in [9.17, 15) is 0 Å². The summed E-state index contributed by atoms with van der Waals surface area (Å²) in [5.41, 5.74) is 13.3. The number of hydrogen-bond donors (Lipinski definition) is 0. The standard InChI is InChI=1S/C58H36N2OS/c1-2-13-41(14-3-1)60-52-36-40(29-34-46(52)48-35-28-38-12-4-5-15-44(38)57(48)60)37-24-30-42(31-25-37)59(51-20-11-22-54-56(51)50-17-6-8-21-53(50)61-54)43-32-26-39(27-33-43)45-18-10-19-49-47-16-7-9-23-55(47)62-58(45)49/h1-36H. The van der Waals surface area contributed by atoms with Gasteiger partial charge in [-0.15, -0.1) is 11.3 Å². The molecule has 0 saturated heterocycles. The smallest absolute Gasteiger partial charge is 0.137 e. The van der Waals surface area contributed by atoms with Crippen LogP contribution in [0.5, 0.6) is 0 Å². The topological polar surface area (TPSA) is 21.3 Å². The Bertz CT molecular complexity index is 3860. The molecule has 0 fully saturated rings. The van der Waals surface area contributed by atoms with Gasteiger partial charge in [0.25, 0.3) is 0 Å². The van der Waals surface area contributed by atoms with Gasteiger partial charge in [0.15, 0.2) is 0 Å². The van der Waals surface area contributed by atoms with Gasteiger partial charge in [0.1, 0.15) is 11.2 Å². The molecule has 13 aromatic rings. The fourth-order valence-electron chi connectivity index (χ4n) is 9.74. The van der Waals surface area contributed by atoms with Gasteiger partial charge in [-0.25, -0.2) is 0 Å². The average molecular weight is 809 g/mol. The highest BCUT2D eigenvalue weighted by atomic mass is 32.1. The number of para-hydroxylation sites is 2. The second-order valence-electron chi connectivity index (χ2n) is 16.0. The summed E-state index contributed by atoms with van der Waals surface area (Å²) in [6, 6.07) is 79.1. The molecule has 13 rings (SSSR count). The van der Waals surface area contributed by atoms with Gasteiger partial charge >= 0.3 is 0 Å². The van der Waals surface area contributed by atoms with E-state index >= 15 is 0 Å². The number of rotatable bonds is 6. The summed E-state index contributed by atoms with van der Waals surface area (Å²) in [5.74, 6) is 0. The third-order valence-electron chi connectivity index (χ3n) is 12.6. The summed E-state index contributed by atoms with van der Waals surface area (Å²) in [6.45, 7) is 0. The largest absolute Gasteiger partial charge is 0.456 e. The van der Waals surface area contributed by atoms with Crippen LogP contribution in [0.2, 0.25) is 0 Å². The van der Waals surface area contributed by atoms with Crippen LogP contribution in [-0.4, -0.2) is 4.57 Å². The number of hydrogen-bond acceptors (Lipinski definition) is 3. The predicted octanol–water partition coefficient (Wildman–Crippen LogP) is 17.0. The van der Waals surface area contributed by atoms with Crippen LogP contribution in [0.1, 0.15) is 0 Å². The molecule has 4 heteroatoms. The van der Waals surface area contributed by atoms with Crippen molar-refractivity contribution in [3.63, 3.8) is 0 Å². The van der Waals surface area contributed by atoms with Crippen LogP contribution in [0, 0.1) is 0 Å². The molecule has 0 aliphatic heterocycles. The molecule has 62 heavy (non-hydrogen) atoms. The van der Waals surface area contributed by atoms with Gasteiger partial charge in [0.05, 0.1) is 22.1 Å². The van der Waals surface area contributed by atoms with Gasteiger partial charge in [0.2, 0.25) is 0 Å². The van der Waals surface area contributed by atoms with Crippen molar-refractivity contribution in [2.75, 3.05) is 4.90 Å². The SMILES string of the molecule is c1ccc(-n2c3cc(-c4ccc(N(c5ccc(-c6cccc7c6sc6ccccc67)cc5)c5cccc6oc7ccccc7c56)cc4)ccc3c3ccc4ccccc4c32)cc1. The summed E-state index contributed by atoms with van der Waals surface area (Å²) in [7, 11) is 0. The van der Waals surface area contributed by atoms with Crippen molar-refractivity contribution in [3.05, 3.63) is 218 Å². The summed E-state index contributed by atoms with van der Waals surface area (Å²) < 4.78 is 11.5. The lowest BCUT2D eigenvalue weighted by Crippen LogP contribution is -2.10. The minimum atomic E-state index is 0.869. The highest BCUT2D eigenvalue weighted by Crippen LogP contribution is 2.45. The van der Waals surface area contributed by atoms with Crippen molar-refractivity contribution in [2.24, 2.45) is 0 Å². The Morgan fingerprint density at radius 1 is 0.419 bits per heavy atom. The van der Waals surface area contributed by atoms with Crippen molar-refractivity contribution in [2.45, 2.75) is 0 Å². The molecule has 0 aliphatic rings. The van der Waals surface area contributed by atoms with Crippen LogP contribution >= 0.6 is 11.3 Å². The van der Waals surface area contributed by atoms with Crippen molar-refractivity contribution in [1.29, 1.82) is 0 Å². The second kappa shape index (κ2) is 13.8. The number of aromatic nitrogens is 1. The first-order chi connectivity index (χ1) is 30.7. The zero-order valence-corrected chi connectivity index (χ0v) is 34.3. The molecule has 0 aliphatic carbocycles. The number of fused-ring (bicyclic) bond motifs is 11. The first kappa shape index (κ1) is 34.9. The number of nitrogens with zero attached hydrogens (tertiary/aromatic N) is 2. The Labute approximate surface area is 361 Å². The molecule has 10 aromatic carbocycles. The van der Waals surface area contributed by atoms with E-state index in [0.29, 0.717) is 0 Å². The van der Waals surface area contributed by atoms with E-state index in [-0.39, 0.29) is 0 Å². The number of benzene rings is 10. The first-order valence-corrected chi connectivity index (χ1v) is 21.9. The summed E-state index contributed by atoms with van der Waals surface area (Å²) >= 11 is 1.87. The van der Waals surface area contributed by atoms with Crippen molar-refractivity contribution < 1.29 is 4.42 Å². The summed E-state index contributed by atoms with van der Waals surface area (Å²) in [5, 5.41) is 9.81. The molecule has 3 nitrogen and oxygen atoms in total. The van der Waals surface area contributed by atoms with E-state index in [1.54, 1.807) is 0 Å². The van der Waals surface area contributed by atoms with Gasteiger partial charge in [-0.05, 0) is 94.4 Å². The lowest BCUT2D eigenvalue weighted by molar-refractivity contribution is 0.669. The maximum Gasteiger partial charge on any atom is 0.137 e. The van der Waals surface area contributed by atoms with Crippen molar-refractivity contribution in [3.8, 4) is 27.9 Å². The highest BCUT2D eigenvalue weighted by molar-refractivity contribution is 7.26. The van der Waals surface area contributed by atoms with E-state index in [2.05, 4.69) is 222 Å². The van der Waals surface area contributed by atoms with E-state index in [4.69, 9.17) is 4.42 Å². The minimum absolute atomic E-state index is 0.869. The number of furan rings is 1.